The molecule has 1 atom stereocenters. The van der Waals surface area contributed by atoms with Crippen molar-refractivity contribution in [3.8, 4) is 0 Å². The van der Waals surface area contributed by atoms with Gasteiger partial charge in [0.15, 0.2) is 0 Å². The van der Waals surface area contributed by atoms with Gasteiger partial charge in [0, 0.05) is 10.7 Å². The van der Waals surface area contributed by atoms with E-state index in [1.165, 1.54) is 5.56 Å². The Kier molecular flexibility index (Phi) is 3.27. The van der Waals surface area contributed by atoms with Crippen LogP contribution < -0.4 is 5.32 Å². The number of carbonyl (C=O) groups is 1. The van der Waals surface area contributed by atoms with Crippen LogP contribution in [0.15, 0.2) is 42.5 Å². The summed E-state index contributed by atoms with van der Waals surface area (Å²) in [6.45, 7) is 4.32. The van der Waals surface area contributed by atoms with Crippen molar-refractivity contribution in [3.63, 3.8) is 0 Å². The molecule has 102 valence electrons. The van der Waals surface area contributed by atoms with Crippen LogP contribution in [0.25, 0.3) is 0 Å². The Morgan fingerprint density at radius 2 is 1.80 bits per heavy atom. The molecule has 2 aromatic rings. The SMILES string of the molecule is CC(C)c1ccc(C2C(=O)Nc3cc(Cl)ccc32)cc1. The lowest BCUT2D eigenvalue weighted by Crippen LogP contribution is -2.13. The van der Waals surface area contributed by atoms with E-state index in [1.54, 1.807) is 6.07 Å². The number of hydrogen-bond donors (Lipinski definition) is 1. The van der Waals surface area contributed by atoms with Crippen LogP contribution in [0.5, 0.6) is 0 Å². The Hall–Kier alpha value is -1.80. The van der Waals surface area contributed by atoms with E-state index in [-0.39, 0.29) is 11.8 Å². The summed E-state index contributed by atoms with van der Waals surface area (Å²) in [4.78, 5) is 12.2. The van der Waals surface area contributed by atoms with E-state index < -0.39 is 0 Å². The van der Waals surface area contributed by atoms with Crippen LogP contribution in [0.3, 0.4) is 0 Å². The molecule has 1 aliphatic heterocycles. The number of anilines is 1. The number of halogens is 1. The minimum Gasteiger partial charge on any atom is -0.325 e. The third-order valence-corrected chi connectivity index (χ3v) is 4.02. The number of rotatable bonds is 2. The van der Waals surface area contributed by atoms with Gasteiger partial charge in [-0.2, -0.15) is 0 Å². The van der Waals surface area contributed by atoms with Crippen molar-refractivity contribution in [1.82, 2.24) is 0 Å². The van der Waals surface area contributed by atoms with E-state index >= 15 is 0 Å². The fraction of sp³-hybridized carbons (Fsp3) is 0.235. The first-order valence-electron chi connectivity index (χ1n) is 6.76. The quantitative estimate of drug-likeness (QED) is 0.862. The Bertz CT molecular complexity index is 661. The second-order valence-electron chi connectivity index (χ2n) is 5.48. The van der Waals surface area contributed by atoms with Gasteiger partial charge in [0.05, 0.1) is 5.92 Å². The van der Waals surface area contributed by atoms with Crippen molar-refractivity contribution in [2.45, 2.75) is 25.7 Å². The normalized spacial score (nSPS) is 17.2. The summed E-state index contributed by atoms with van der Waals surface area (Å²) in [6, 6.07) is 13.8. The molecule has 3 rings (SSSR count). The fourth-order valence-electron chi connectivity index (χ4n) is 2.64. The lowest BCUT2D eigenvalue weighted by atomic mass is 9.91. The van der Waals surface area contributed by atoms with Crippen LogP contribution in [0.4, 0.5) is 5.69 Å². The van der Waals surface area contributed by atoms with Crippen LogP contribution in [0.1, 0.15) is 42.4 Å². The maximum Gasteiger partial charge on any atom is 0.236 e. The molecule has 20 heavy (non-hydrogen) atoms. The summed E-state index contributed by atoms with van der Waals surface area (Å²) < 4.78 is 0. The number of hydrogen-bond acceptors (Lipinski definition) is 1. The molecule has 3 heteroatoms. The van der Waals surface area contributed by atoms with Crippen LogP contribution in [-0.2, 0) is 4.79 Å². The summed E-state index contributed by atoms with van der Waals surface area (Å²) in [6.07, 6.45) is 0. The molecule has 2 nitrogen and oxygen atoms in total. The second kappa shape index (κ2) is 4.95. The lowest BCUT2D eigenvalue weighted by Gasteiger charge is -2.11. The van der Waals surface area contributed by atoms with Crippen LogP contribution in [0, 0.1) is 0 Å². The fourth-order valence-corrected chi connectivity index (χ4v) is 2.81. The van der Waals surface area contributed by atoms with E-state index in [4.69, 9.17) is 11.6 Å². The smallest absolute Gasteiger partial charge is 0.236 e. The highest BCUT2D eigenvalue weighted by Gasteiger charge is 2.31. The highest BCUT2D eigenvalue weighted by Crippen LogP contribution is 2.38. The highest BCUT2D eigenvalue weighted by molar-refractivity contribution is 6.31. The number of fused-ring (bicyclic) bond motifs is 1. The zero-order chi connectivity index (χ0) is 14.3. The largest absolute Gasteiger partial charge is 0.325 e. The van der Waals surface area contributed by atoms with Crippen molar-refractivity contribution in [2.75, 3.05) is 5.32 Å². The van der Waals surface area contributed by atoms with Gasteiger partial charge in [-0.05, 0) is 34.7 Å². The molecule has 1 unspecified atom stereocenters. The third kappa shape index (κ3) is 2.20. The van der Waals surface area contributed by atoms with Crippen LogP contribution in [-0.4, -0.2) is 5.91 Å². The predicted molar refractivity (Wildman–Crippen MR) is 82.5 cm³/mol. The van der Waals surface area contributed by atoms with E-state index in [1.807, 2.05) is 24.3 Å². The van der Waals surface area contributed by atoms with Gasteiger partial charge in [0.25, 0.3) is 0 Å². The Morgan fingerprint density at radius 3 is 2.45 bits per heavy atom. The van der Waals surface area contributed by atoms with Gasteiger partial charge in [-0.1, -0.05) is 55.8 Å². The van der Waals surface area contributed by atoms with Crippen molar-refractivity contribution >= 4 is 23.2 Å². The highest BCUT2D eigenvalue weighted by atomic mass is 35.5. The molecule has 0 saturated heterocycles. The summed E-state index contributed by atoms with van der Waals surface area (Å²) in [5, 5.41) is 3.54. The zero-order valence-electron chi connectivity index (χ0n) is 11.5. The third-order valence-electron chi connectivity index (χ3n) is 3.78. The average molecular weight is 286 g/mol. The molecule has 0 spiro atoms. The van der Waals surface area contributed by atoms with Gasteiger partial charge in [0.2, 0.25) is 5.91 Å². The molecule has 1 amide bonds. The molecule has 1 aliphatic rings. The zero-order valence-corrected chi connectivity index (χ0v) is 12.2. The molecule has 0 aliphatic carbocycles. The minimum absolute atomic E-state index is 0.0135. The van der Waals surface area contributed by atoms with Crippen molar-refractivity contribution in [2.24, 2.45) is 0 Å². The Morgan fingerprint density at radius 1 is 1.10 bits per heavy atom. The molecule has 0 saturated carbocycles. The van der Waals surface area contributed by atoms with Crippen molar-refractivity contribution in [1.29, 1.82) is 0 Å². The Balaban J connectivity index is 2.00. The van der Waals surface area contributed by atoms with Gasteiger partial charge in [-0.25, -0.2) is 0 Å². The van der Waals surface area contributed by atoms with Crippen LogP contribution in [0.2, 0.25) is 5.02 Å². The first-order chi connectivity index (χ1) is 9.56. The van der Waals surface area contributed by atoms with Crippen molar-refractivity contribution in [3.05, 3.63) is 64.2 Å². The van der Waals surface area contributed by atoms with Gasteiger partial charge in [-0.15, -0.1) is 0 Å². The molecule has 0 bridgehead atoms. The van der Waals surface area contributed by atoms with Gasteiger partial charge in [0.1, 0.15) is 0 Å². The number of carbonyl (C=O) groups excluding carboxylic acids is 1. The second-order valence-corrected chi connectivity index (χ2v) is 5.91. The molecular weight excluding hydrogens is 270 g/mol. The van der Waals surface area contributed by atoms with Gasteiger partial charge < -0.3 is 5.32 Å². The molecular formula is C17H16ClNO. The van der Waals surface area contributed by atoms with E-state index in [2.05, 4.69) is 31.3 Å². The number of benzene rings is 2. The van der Waals surface area contributed by atoms with Crippen molar-refractivity contribution < 1.29 is 4.79 Å². The molecule has 1 N–H and O–H groups in total. The van der Waals surface area contributed by atoms with E-state index in [0.717, 1.165) is 16.8 Å². The molecule has 1 heterocycles. The monoisotopic (exact) mass is 285 g/mol. The van der Waals surface area contributed by atoms with Gasteiger partial charge >= 0.3 is 0 Å². The Labute approximate surface area is 123 Å². The first kappa shape index (κ1) is 13.2. The van der Waals surface area contributed by atoms with Gasteiger partial charge in [-0.3, -0.25) is 4.79 Å². The first-order valence-corrected chi connectivity index (χ1v) is 7.14. The maximum atomic E-state index is 12.2. The minimum atomic E-state index is -0.233. The van der Waals surface area contributed by atoms with E-state index in [9.17, 15) is 4.79 Å². The number of amides is 1. The lowest BCUT2D eigenvalue weighted by molar-refractivity contribution is -0.116. The average Bonchev–Trinajstić information content (AvgIpc) is 2.73. The molecule has 2 aromatic carbocycles. The van der Waals surface area contributed by atoms with Crippen LogP contribution >= 0.6 is 11.6 Å². The molecule has 0 radical (unpaired) electrons. The predicted octanol–water partition coefficient (Wildman–Crippen LogP) is 4.55. The topological polar surface area (TPSA) is 29.1 Å². The summed E-state index contributed by atoms with van der Waals surface area (Å²) >= 11 is 5.97. The molecule has 0 aromatic heterocycles. The number of nitrogens with one attached hydrogen (secondary N) is 1. The summed E-state index contributed by atoms with van der Waals surface area (Å²) in [5.74, 6) is 0.274. The summed E-state index contributed by atoms with van der Waals surface area (Å²) in [5.41, 5.74) is 4.12. The maximum absolute atomic E-state index is 12.2. The standard InChI is InChI=1S/C17H16ClNO/c1-10(2)11-3-5-12(6-4-11)16-14-8-7-13(18)9-15(14)19-17(16)20/h3-10,16H,1-2H3,(H,19,20). The molecule has 0 fully saturated rings. The summed E-state index contributed by atoms with van der Waals surface area (Å²) in [7, 11) is 0. The van der Waals surface area contributed by atoms with E-state index in [0.29, 0.717) is 10.9 Å².